The van der Waals surface area contributed by atoms with Gasteiger partial charge in [-0.15, -0.1) is 0 Å². The maximum atomic E-state index is 14.3. The van der Waals surface area contributed by atoms with E-state index in [1.165, 1.54) is 19.4 Å². The number of aromatic nitrogens is 1. The number of carbonyl (C=O) groups excluding carboxylic acids is 1. The van der Waals surface area contributed by atoms with Crippen molar-refractivity contribution < 1.29 is 18.8 Å². The molecule has 10 heteroatoms. The van der Waals surface area contributed by atoms with Crippen molar-refractivity contribution in [2.75, 3.05) is 30.4 Å². The van der Waals surface area contributed by atoms with Crippen molar-refractivity contribution in [2.45, 2.75) is 18.9 Å². The molecule has 3 rings (SSSR count). The molecule has 1 atom stereocenters. The average molecular weight is 399 g/mol. The van der Waals surface area contributed by atoms with E-state index in [4.69, 9.17) is 5.26 Å². The molecule has 0 saturated carbocycles. The van der Waals surface area contributed by atoms with E-state index >= 15 is 0 Å². The fourth-order valence-electron chi connectivity index (χ4n) is 3.27. The Balaban J connectivity index is 1.79. The Kier molecular flexibility index (Phi) is 5.87. The minimum Gasteiger partial charge on any atom is -0.465 e. The summed E-state index contributed by atoms with van der Waals surface area (Å²) in [6.45, 7) is 1.03. The van der Waals surface area contributed by atoms with Crippen LogP contribution in [0.15, 0.2) is 30.5 Å². The molecule has 0 aliphatic carbocycles. The summed E-state index contributed by atoms with van der Waals surface area (Å²) in [6.07, 6.45) is 2.67. The van der Waals surface area contributed by atoms with Gasteiger partial charge in [0.2, 0.25) is 5.82 Å². The van der Waals surface area contributed by atoms with Crippen LogP contribution in [-0.2, 0) is 4.74 Å². The molecular weight excluding hydrogens is 381 g/mol. The van der Waals surface area contributed by atoms with Crippen LogP contribution in [0.25, 0.3) is 0 Å². The molecule has 9 nitrogen and oxygen atoms in total. The first-order chi connectivity index (χ1) is 13.9. The molecule has 0 amide bonds. The molecular formula is C19H18FN5O4. The number of nitriles is 1. The molecule has 2 heterocycles. The van der Waals surface area contributed by atoms with Gasteiger partial charge in [-0.2, -0.15) is 5.26 Å². The summed E-state index contributed by atoms with van der Waals surface area (Å²) in [7, 11) is 1.18. The fraction of sp³-hybridized carbons (Fsp3) is 0.316. The van der Waals surface area contributed by atoms with Crippen molar-refractivity contribution in [3.05, 3.63) is 57.5 Å². The highest BCUT2D eigenvalue weighted by Crippen LogP contribution is 2.28. The summed E-state index contributed by atoms with van der Waals surface area (Å²) in [4.78, 5) is 28.2. The predicted molar refractivity (Wildman–Crippen MR) is 102 cm³/mol. The maximum Gasteiger partial charge on any atom is 0.339 e. The van der Waals surface area contributed by atoms with Crippen molar-refractivity contribution in [3.63, 3.8) is 0 Å². The van der Waals surface area contributed by atoms with Crippen LogP contribution in [0.3, 0.4) is 0 Å². The van der Waals surface area contributed by atoms with Crippen molar-refractivity contribution in [1.82, 2.24) is 4.98 Å². The maximum absolute atomic E-state index is 14.3. The molecule has 1 aromatic carbocycles. The van der Waals surface area contributed by atoms with Gasteiger partial charge in [-0.25, -0.2) is 14.2 Å². The monoisotopic (exact) mass is 399 g/mol. The Bertz CT molecular complexity index is 991. The van der Waals surface area contributed by atoms with Gasteiger partial charge in [0.1, 0.15) is 5.82 Å². The summed E-state index contributed by atoms with van der Waals surface area (Å²) in [5.41, 5.74) is 0.256. The predicted octanol–water partition coefficient (Wildman–Crippen LogP) is 2.87. The first kappa shape index (κ1) is 20.0. The van der Waals surface area contributed by atoms with Gasteiger partial charge in [-0.05, 0) is 31.0 Å². The number of hydrogen-bond acceptors (Lipinski definition) is 8. The van der Waals surface area contributed by atoms with E-state index in [0.29, 0.717) is 25.2 Å². The molecule has 2 aromatic rings. The zero-order valence-corrected chi connectivity index (χ0v) is 15.6. The Morgan fingerprint density at radius 2 is 2.28 bits per heavy atom. The zero-order chi connectivity index (χ0) is 21.0. The number of halogens is 1. The summed E-state index contributed by atoms with van der Waals surface area (Å²) in [5, 5.41) is 23.3. The largest absolute Gasteiger partial charge is 0.465 e. The van der Waals surface area contributed by atoms with Crippen LogP contribution in [0.5, 0.6) is 0 Å². The van der Waals surface area contributed by atoms with Crippen LogP contribution in [0.4, 0.5) is 21.6 Å². The molecule has 1 unspecified atom stereocenters. The molecule has 1 saturated heterocycles. The van der Waals surface area contributed by atoms with Crippen molar-refractivity contribution in [3.8, 4) is 6.07 Å². The minimum atomic E-state index is -0.715. The number of nitrogens with one attached hydrogen (secondary N) is 1. The molecule has 29 heavy (non-hydrogen) atoms. The second-order valence-electron chi connectivity index (χ2n) is 6.55. The number of esters is 1. The molecule has 1 aliphatic rings. The highest BCUT2D eigenvalue weighted by molar-refractivity contribution is 5.90. The summed E-state index contributed by atoms with van der Waals surface area (Å²) in [6, 6.07) is 7.09. The number of anilines is 2. The standard InChI is InChI=1S/C19H18FN5O4/c1-29-19(26)13-8-17(25(27)28)18(22-10-13)23-14-3-2-6-24(11-14)16-5-4-12(9-21)7-15(16)20/h4-5,7-8,10,14H,2-3,6,11H2,1H3,(H,22,23). The lowest BCUT2D eigenvalue weighted by atomic mass is 10.0. The lowest BCUT2D eigenvalue weighted by molar-refractivity contribution is -0.384. The van der Waals surface area contributed by atoms with E-state index < -0.39 is 16.7 Å². The molecule has 1 aliphatic heterocycles. The molecule has 0 spiro atoms. The number of ether oxygens (including phenoxy) is 1. The van der Waals surface area contributed by atoms with Crippen LogP contribution in [0, 0.1) is 27.3 Å². The van der Waals surface area contributed by atoms with Gasteiger partial charge in [0.25, 0.3) is 0 Å². The smallest absolute Gasteiger partial charge is 0.339 e. The van der Waals surface area contributed by atoms with Crippen molar-refractivity contribution >= 4 is 23.2 Å². The average Bonchev–Trinajstić information content (AvgIpc) is 2.73. The number of rotatable bonds is 5. The van der Waals surface area contributed by atoms with Crippen LogP contribution in [0.1, 0.15) is 28.8 Å². The third-order valence-electron chi connectivity index (χ3n) is 4.67. The van der Waals surface area contributed by atoms with Gasteiger partial charge in [0, 0.05) is 31.4 Å². The third-order valence-corrected chi connectivity index (χ3v) is 4.67. The highest BCUT2D eigenvalue weighted by Gasteiger charge is 2.26. The normalized spacial score (nSPS) is 16.0. The fourth-order valence-corrected chi connectivity index (χ4v) is 3.27. The molecule has 1 N–H and O–H groups in total. The number of benzene rings is 1. The molecule has 150 valence electrons. The SMILES string of the molecule is COC(=O)c1cnc(NC2CCCN(c3ccc(C#N)cc3F)C2)c([N+](=O)[O-])c1. The minimum absolute atomic E-state index is 0.0188. The van der Waals surface area contributed by atoms with Gasteiger partial charge in [-0.3, -0.25) is 10.1 Å². The van der Waals surface area contributed by atoms with Gasteiger partial charge in [-0.1, -0.05) is 0 Å². The van der Waals surface area contributed by atoms with Crippen LogP contribution in [0.2, 0.25) is 0 Å². The van der Waals surface area contributed by atoms with Crippen LogP contribution >= 0.6 is 0 Å². The van der Waals surface area contributed by atoms with Gasteiger partial charge in [0.05, 0.1) is 34.9 Å². The number of carbonyl (C=O) groups is 1. The number of nitrogens with zero attached hydrogens (tertiary/aromatic N) is 4. The quantitative estimate of drug-likeness (QED) is 0.463. The molecule has 0 bridgehead atoms. The second-order valence-corrected chi connectivity index (χ2v) is 6.55. The van der Waals surface area contributed by atoms with E-state index in [0.717, 1.165) is 12.5 Å². The second kappa shape index (κ2) is 8.52. The highest BCUT2D eigenvalue weighted by atomic mass is 19.1. The summed E-state index contributed by atoms with van der Waals surface area (Å²) < 4.78 is 18.9. The number of nitro groups is 1. The van der Waals surface area contributed by atoms with E-state index in [9.17, 15) is 19.3 Å². The zero-order valence-electron chi connectivity index (χ0n) is 15.6. The van der Waals surface area contributed by atoms with Gasteiger partial charge < -0.3 is 15.0 Å². The van der Waals surface area contributed by atoms with Gasteiger partial charge >= 0.3 is 11.7 Å². The van der Waals surface area contributed by atoms with Crippen LogP contribution in [-0.4, -0.2) is 42.1 Å². The Hall–Kier alpha value is -3.74. The van der Waals surface area contributed by atoms with E-state index in [1.54, 1.807) is 12.1 Å². The van der Waals surface area contributed by atoms with Crippen LogP contribution < -0.4 is 10.2 Å². The van der Waals surface area contributed by atoms with Crippen molar-refractivity contribution in [1.29, 1.82) is 5.26 Å². The number of pyridine rings is 1. The molecule has 1 fully saturated rings. The molecule has 1 aromatic heterocycles. The lowest BCUT2D eigenvalue weighted by Gasteiger charge is -2.35. The van der Waals surface area contributed by atoms with Gasteiger partial charge in [0.15, 0.2) is 0 Å². The Labute approximate surface area is 165 Å². The Morgan fingerprint density at radius 1 is 1.48 bits per heavy atom. The summed E-state index contributed by atoms with van der Waals surface area (Å²) in [5.74, 6) is -1.17. The molecule has 0 radical (unpaired) electrons. The number of methoxy groups -OCH3 is 1. The van der Waals surface area contributed by atoms with Crippen molar-refractivity contribution in [2.24, 2.45) is 0 Å². The first-order valence-electron chi connectivity index (χ1n) is 8.86. The third kappa shape index (κ3) is 4.40. The number of hydrogen-bond donors (Lipinski definition) is 1. The number of piperidine rings is 1. The summed E-state index contributed by atoms with van der Waals surface area (Å²) >= 11 is 0. The van der Waals surface area contributed by atoms with E-state index in [2.05, 4.69) is 15.0 Å². The van der Waals surface area contributed by atoms with E-state index in [1.807, 2.05) is 11.0 Å². The topological polar surface area (TPSA) is 121 Å². The Morgan fingerprint density at radius 3 is 2.93 bits per heavy atom. The first-order valence-corrected chi connectivity index (χ1v) is 8.86. The lowest BCUT2D eigenvalue weighted by Crippen LogP contribution is -2.42. The van der Waals surface area contributed by atoms with E-state index in [-0.39, 0.29) is 28.7 Å².